The highest BCUT2D eigenvalue weighted by atomic mass is 16.6. The van der Waals surface area contributed by atoms with Crippen molar-refractivity contribution < 1.29 is 24.2 Å². The molecule has 2 atom stereocenters. The van der Waals surface area contributed by atoms with Crippen molar-refractivity contribution >= 4 is 17.9 Å². The summed E-state index contributed by atoms with van der Waals surface area (Å²) in [6.07, 6.45) is -0.326. The molecular formula is C28H39N3O5. The molecule has 196 valence electrons. The van der Waals surface area contributed by atoms with Gasteiger partial charge in [-0.05, 0) is 63.3 Å². The van der Waals surface area contributed by atoms with E-state index in [0.29, 0.717) is 12.0 Å². The van der Waals surface area contributed by atoms with Crippen LogP contribution in [0.5, 0.6) is 5.75 Å². The zero-order chi connectivity index (χ0) is 26.9. The maximum absolute atomic E-state index is 13.8. The molecule has 0 bridgehead atoms. The quantitative estimate of drug-likeness (QED) is 0.447. The molecule has 36 heavy (non-hydrogen) atoms. The second-order valence-electron chi connectivity index (χ2n) is 10.2. The highest BCUT2D eigenvalue weighted by Crippen LogP contribution is 2.26. The number of aromatic hydroxyl groups is 1. The smallest absolute Gasteiger partial charge is 0.408 e. The van der Waals surface area contributed by atoms with E-state index in [1.807, 2.05) is 44.2 Å². The fraction of sp³-hybridized carbons (Fsp3) is 0.464. The van der Waals surface area contributed by atoms with Crippen molar-refractivity contribution in [2.75, 3.05) is 6.54 Å². The van der Waals surface area contributed by atoms with E-state index in [4.69, 9.17) is 4.74 Å². The van der Waals surface area contributed by atoms with Gasteiger partial charge >= 0.3 is 6.09 Å². The van der Waals surface area contributed by atoms with Gasteiger partial charge in [0.05, 0.1) is 0 Å². The number of phenols is 1. The van der Waals surface area contributed by atoms with Crippen molar-refractivity contribution in [2.24, 2.45) is 5.92 Å². The summed E-state index contributed by atoms with van der Waals surface area (Å²) in [4.78, 5) is 41.2. The second kappa shape index (κ2) is 13.0. The number of phenolic OH excluding ortho intramolecular Hbond substituents is 1. The van der Waals surface area contributed by atoms with Crippen LogP contribution >= 0.6 is 0 Å². The summed E-state index contributed by atoms with van der Waals surface area (Å²) >= 11 is 0. The average molecular weight is 498 g/mol. The van der Waals surface area contributed by atoms with Gasteiger partial charge in [0.25, 0.3) is 0 Å². The van der Waals surface area contributed by atoms with Gasteiger partial charge in [-0.2, -0.15) is 0 Å². The normalized spacial score (nSPS) is 13.0. The second-order valence-corrected chi connectivity index (χ2v) is 10.2. The molecule has 0 aliphatic carbocycles. The van der Waals surface area contributed by atoms with Gasteiger partial charge in [0, 0.05) is 13.1 Å². The van der Waals surface area contributed by atoms with Crippen LogP contribution in [0.25, 0.3) is 0 Å². The summed E-state index contributed by atoms with van der Waals surface area (Å²) in [7, 11) is 0. The van der Waals surface area contributed by atoms with E-state index >= 15 is 0 Å². The van der Waals surface area contributed by atoms with Crippen molar-refractivity contribution in [3.05, 3.63) is 65.7 Å². The molecule has 2 rings (SSSR count). The molecule has 8 heteroatoms. The molecule has 0 aromatic heterocycles. The Morgan fingerprint density at radius 2 is 1.69 bits per heavy atom. The van der Waals surface area contributed by atoms with Crippen LogP contribution < -0.4 is 10.6 Å². The summed E-state index contributed by atoms with van der Waals surface area (Å²) in [6, 6.07) is 13.9. The number of ether oxygens (including phenoxy) is 1. The van der Waals surface area contributed by atoms with E-state index in [0.717, 1.165) is 5.56 Å². The average Bonchev–Trinajstić information content (AvgIpc) is 2.79. The Labute approximate surface area is 214 Å². The Bertz CT molecular complexity index is 1020. The Hall–Kier alpha value is -3.55. The number of hydrogen-bond acceptors (Lipinski definition) is 5. The summed E-state index contributed by atoms with van der Waals surface area (Å²) in [5.41, 5.74) is 0.664. The summed E-state index contributed by atoms with van der Waals surface area (Å²) in [6.45, 7) is 11.4. The molecule has 3 amide bonds. The summed E-state index contributed by atoms with van der Waals surface area (Å²) in [5.74, 6) is -0.707. The first-order valence-electron chi connectivity index (χ1n) is 12.3. The number of benzene rings is 2. The van der Waals surface area contributed by atoms with Crippen LogP contribution in [0.1, 0.15) is 65.1 Å². The number of rotatable bonds is 10. The highest BCUT2D eigenvalue weighted by Gasteiger charge is 2.35. The van der Waals surface area contributed by atoms with Crippen LogP contribution in [0.15, 0.2) is 54.6 Å². The van der Waals surface area contributed by atoms with Gasteiger partial charge in [0.2, 0.25) is 11.8 Å². The third kappa shape index (κ3) is 8.91. The molecule has 0 fully saturated rings. The maximum Gasteiger partial charge on any atom is 0.408 e. The minimum Gasteiger partial charge on any atom is -0.508 e. The van der Waals surface area contributed by atoms with E-state index in [-0.39, 0.29) is 30.7 Å². The van der Waals surface area contributed by atoms with E-state index < -0.39 is 29.7 Å². The van der Waals surface area contributed by atoms with Gasteiger partial charge < -0.3 is 25.4 Å². The first-order chi connectivity index (χ1) is 16.9. The molecule has 2 aromatic rings. The lowest BCUT2D eigenvalue weighted by Crippen LogP contribution is -2.53. The van der Waals surface area contributed by atoms with Crippen LogP contribution in [-0.2, 0) is 20.9 Å². The third-order valence-electron chi connectivity index (χ3n) is 5.38. The lowest BCUT2D eigenvalue weighted by atomic mass is 9.99. The highest BCUT2D eigenvalue weighted by molar-refractivity contribution is 5.92. The minimum absolute atomic E-state index is 0.0116. The molecule has 0 saturated heterocycles. The Morgan fingerprint density at radius 1 is 1.03 bits per heavy atom. The molecule has 0 spiro atoms. The van der Waals surface area contributed by atoms with Gasteiger partial charge in [-0.1, -0.05) is 56.3 Å². The first kappa shape index (κ1) is 28.7. The molecule has 0 aliphatic heterocycles. The van der Waals surface area contributed by atoms with Crippen LogP contribution in [0.2, 0.25) is 0 Å². The summed E-state index contributed by atoms with van der Waals surface area (Å²) in [5, 5.41) is 15.7. The number of nitrogens with zero attached hydrogens (tertiary/aromatic N) is 1. The maximum atomic E-state index is 13.8. The third-order valence-corrected chi connectivity index (χ3v) is 5.38. The van der Waals surface area contributed by atoms with Crippen molar-refractivity contribution in [3.63, 3.8) is 0 Å². The van der Waals surface area contributed by atoms with Gasteiger partial charge in [-0.15, -0.1) is 0 Å². The van der Waals surface area contributed by atoms with Gasteiger partial charge in [-0.3, -0.25) is 9.59 Å². The van der Waals surface area contributed by atoms with Gasteiger partial charge in [0.1, 0.15) is 23.4 Å². The molecule has 2 aromatic carbocycles. The topological polar surface area (TPSA) is 108 Å². The predicted octanol–water partition coefficient (Wildman–Crippen LogP) is 4.54. The monoisotopic (exact) mass is 497 g/mol. The Morgan fingerprint density at radius 3 is 2.25 bits per heavy atom. The number of carbonyl (C=O) groups is 3. The lowest BCUT2D eigenvalue weighted by molar-refractivity contribution is -0.142. The van der Waals surface area contributed by atoms with Crippen molar-refractivity contribution in [1.82, 2.24) is 15.5 Å². The molecular weight excluding hydrogens is 458 g/mol. The molecule has 0 saturated carbocycles. The van der Waals surface area contributed by atoms with E-state index in [1.165, 1.54) is 17.0 Å². The minimum atomic E-state index is -1.01. The number of amides is 3. The zero-order valence-electron chi connectivity index (χ0n) is 22.1. The predicted molar refractivity (Wildman–Crippen MR) is 139 cm³/mol. The fourth-order valence-electron chi connectivity index (χ4n) is 3.86. The standard InChI is InChI=1S/C28H39N3O5/c1-7-31(26(34)23(16-19(2)3)30-27(35)36-28(4,5)6)24(21-14-11-15-22(32)17-21)25(33)29-18-20-12-9-8-10-13-20/h8-15,17,19,23-24,32H,7,16,18H2,1-6H3,(H,29,33)(H,30,35). The number of alkyl carbamates (subject to hydrolysis) is 1. The van der Waals surface area contributed by atoms with Crippen molar-refractivity contribution in [3.8, 4) is 5.75 Å². The SMILES string of the molecule is CCN(C(=O)C(CC(C)C)NC(=O)OC(C)(C)C)C(C(=O)NCc1ccccc1)c1cccc(O)c1. The molecule has 8 nitrogen and oxygen atoms in total. The van der Waals surface area contributed by atoms with Crippen LogP contribution in [0, 0.1) is 5.92 Å². The molecule has 2 unspecified atom stereocenters. The Balaban J connectivity index is 2.37. The number of nitrogens with one attached hydrogen (secondary N) is 2. The van der Waals surface area contributed by atoms with Crippen LogP contribution in [0.4, 0.5) is 4.79 Å². The van der Waals surface area contributed by atoms with E-state index in [1.54, 1.807) is 39.8 Å². The zero-order valence-corrected chi connectivity index (χ0v) is 22.1. The number of likely N-dealkylation sites (N-methyl/N-ethyl adjacent to an activating group) is 1. The molecule has 3 N–H and O–H groups in total. The number of hydrogen-bond donors (Lipinski definition) is 3. The van der Waals surface area contributed by atoms with Gasteiger partial charge in [-0.25, -0.2) is 4.79 Å². The van der Waals surface area contributed by atoms with Crippen LogP contribution in [-0.4, -0.2) is 46.1 Å². The van der Waals surface area contributed by atoms with E-state index in [2.05, 4.69) is 10.6 Å². The first-order valence-corrected chi connectivity index (χ1v) is 12.3. The van der Waals surface area contributed by atoms with Crippen LogP contribution in [0.3, 0.4) is 0 Å². The molecule has 0 radical (unpaired) electrons. The summed E-state index contributed by atoms with van der Waals surface area (Å²) < 4.78 is 5.38. The van der Waals surface area contributed by atoms with Gasteiger partial charge in [0.15, 0.2) is 0 Å². The van der Waals surface area contributed by atoms with Crippen molar-refractivity contribution in [1.29, 1.82) is 0 Å². The number of carbonyl (C=O) groups excluding carboxylic acids is 3. The Kier molecular flexibility index (Phi) is 10.3. The van der Waals surface area contributed by atoms with Crippen molar-refractivity contribution in [2.45, 2.75) is 72.2 Å². The molecule has 0 heterocycles. The largest absolute Gasteiger partial charge is 0.508 e. The lowest BCUT2D eigenvalue weighted by Gasteiger charge is -2.34. The fourth-order valence-corrected chi connectivity index (χ4v) is 3.86. The van der Waals surface area contributed by atoms with E-state index in [9.17, 15) is 19.5 Å². The molecule has 0 aliphatic rings.